The van der Waals surface area contributed by atoms with Crippen LogP contribution in [0.1, 0.15) is 15.9 Å². The quantitative estimate of drug-likeness (QED) is 0.662. The van der Waals surface area contributed by atoms with Gasteiger partial charge in [0.1, 0.15) is 11.1 Å². The van der Waals surface area contributed by atoms with Crippen molar-refractivity contribution in [1.29, 1.82) is 0 Å². The number of aryl methyl sites for hydroxylation is 1. The van der Waals surface area contributed by atoms with Gasteiger partial charge in [-0.1, -0.05) is 24.3 Å². The minimum absolute atomic E-state index is 0.00921. The highest BCUT2D eigenvalue weighted by Gasteiger charge is 2.13. The molecule has 0 saturated heterocycles. The molecule has 4 heteroatoms. The lowest BCUT2D eigenvalue weighted by atomic mass is 10.1. The van der Waals surface area contributed by atoms with Gasteiger partial charge in [-0.3, -0.25) is 4.79 Å². The summed E-state index contributed by atoms with van der Waals surface area (Å²) in [5.74, 6) is -0.452. The van der Waals surface area contributed by atoms with Gasteiger partial charge in [-0.05, 0) is 18.6 Å². The number of amides is 1. The van der Waals surface area contributed by atoms with Gasteiger partial charge in [-0.2, -0.15) is 0 Å². The molecule has 0 spiro atoms. The molecule has 2 rings (SSSR count). The number of para-hydroxylation sites is 1. The fraction of sp³-hybridized carbons (Fsp3) is 0.143. The SMILES string of the molecule is C=CCNC(=O)c1cc2cccc(C)c2oc1=O. The van der Waals surface area contributed by atoms with Gasteiger partial charge in [0, 0.05) is 11.9 Å². The Kier molecular flexibility index (Phi) is 3.28. The van der Waals surface area contributed by atoms with Crippen LogP contribution in [0.2, 0.25) is 0 Å². The Hall–Kier alpha value is -2.36. The summed E-state index contributed by atoms with van der Waals surface area (Å²) < 4.78 is 5.18. The number of nitrogens with one attached hydrogen (secondary N) is 1. The Morgan fingerprint density at radius 3 is 3.00 bits per heavy atom. The summed E-state index contributed by atoms with van der Waals surface area (Å²) in [5.41, 5.74) is 0.763. The highest BCUT2D eigenvalue weighted by Crippen LogP contribution is 2.17. The van der Waals surface area contributed by atoms with Crippen LogP contribution in [0.5, 0.6) is 0 Å². The lowest BCUT2D eigenvalue weighted by molar-refractivity contribution is 0.0954. The molecular weight excluding hydrogens is 230 g/mol. The first kappa shape index (κ1) is 12.1. The summed E-state index contributed by atoms with van der Waals surface area (Å²) in [7, 11) is 0. The third kappa shape index (κ3) is 2.18. The highest BCUT2D eigenvalue weighted by atomic mass is 16.4. The van der Waals surface area contributed by atoms with E-state index < -0.39 is 11.5 Å². The first-order valence-electron chi connectivity index (χ1n) is 5.56. The van der Waals surface area contributed by atoms with Crippen LogP contribution in [0.3, 0.4) is 0 Å². The van der Waals surface area contributed by atoms with Gasteiger partial charge in [0.15, 0.2) is 0 Å². The van der Waals surface area contributed by atoms with Crippen molar-refractivity contribution in [2.45, 2.75) is 6.92 Å². The summed E-state index contributed by atoms with van der Waals surface area (Å²) >= 11 is 0. The number of hydrogen-bond donors (Lipinski definition) is 1. The molecule has 4 nitrogen and oxygen atoms in total. The molecule has 0 unspecified atom stereocenters. The molecule has 0 aliphatic rings. The van der Waals surface area contributed by atoms with Gasteiger partial charge in [0.05, 0.1) is 0 Å². The van der Waals surface area contributed by atoms with Crippen molar-refractivity contribution < 1.29 is 9.21 Å². The fourth-order valence-corrected chi connectivity index (χ4v) is 1.71. The van der Waals surface area contributed by atoms with Crippen molar-refractivity contribution in [1.82, 2.24) is 5.32 Å². The molecule has 0 aliphatic carbocycles. The maximum atomic E-state index is 11.7. The van der Waals surface area contributed by atoms with E-state index in [0.29, 0.717) is 12.1 Å². The minimum atomic E-state index is -0.627. The Balaban J connectivity index is 2.53. The first-order valence-corrected chi connectivity index (χ1v) is 5.56. The fourth-order valence-electron chi connectivity index (χ4n) is 1.71. The van der Waals surface area contributed by atoms with Gasteiger partial charge in [-0.15, -0.1) is 6.58 Å². The van der Waals surface area contributed by atoms with Crippen molar-refractivity contribution in [3.63, 3.8) is 0 Å². The molecular formula is C14H13NO3. The van der Waals surface area contributed by atoms with Crippen LogP contribution in [0.25, 0.3) is 11.0 Å². The molecule has 0 saturated carbocycles. The molecule has 0 bridgehead atoms. The van der Waals surface area contributed by atoms with Crippen LogP contribution >= 0.6 is 0 Å². The van der Waals surface area contributed by atoms with Crippen molar-refractivity contribution in [3.8, 4) is 0 Å². The van der Waals surface area contributed by atoms with Crippen molar-refractivity contribution in [3.05, 3.63) is 58.5 Å². The van der Waals surface area contributed by atoms with E-state index in [1.807, 2.05) is 19.1 Å². The number of carbonyl (C=O) groups is 1. The van der Waals surface area contributed by atoms with E-state index in [1.54, 1.807) is 18.2 Å². The molecule has 1 heterocycles. The highest BCUT2D eigenvalue weighted by molar-refractivity contribution is 5.96. The van der Waals surface area contributed by atoms with Crippen LogP contribution in [-0.4, -0.2) is 12.5 Å². The van der Waals surface area contributed by atoms with Crippen molar-refractivity contribution in [2.75, 3.05) is 6.54 Å². The van der Waals surface area contributed by atoms with Crippen LogP contribution < -0.4 is 10.9 Å². The Bertz CT molecular complexity index is 670. The largest absolute Gasteiger partial charge is 0.422 e. The van der Waals surface area contributed by atoms with E-state index in [1.165, 1.54) is 0 Å². The second-order valence-electron chi connectivity index (χ2n) is 3.94. The van der Waals surface area contributed by atoms with Gasteiger partial charge in [-0.25, -0.2) is 4.79 Å². The van der Waals surface area contributed by atoms with E-state index in [4.69, 9.17) is 4.42 Å². The van der Waals surface area contributed by atoms with Gasteiger partial charge in [0.25, 0.3) is 5.91 Å². The maximum Gasteiger partial charge on any atom is 0.349 e. The molecule has 0 aliphatic heterocycles. The van der Waals surface area contributed by atoms with E-state index >= 15 is 0 Å². The van der Waals surface area contributed by atoms with E-state index in [9.17, 15) is 9.59 Å². The average molecular weight is 243 g/mol. The van der Waals surface area contributed by atoms with Crippen molar-refractivity contribution in [2.24, 2.45) is 0 Å². The first-order chi connectivity index (χ1) is 8.63. The number of carbonyl (C=O) groups excluding carboxylic acids is 1. The number of rotatable bonds is 3. The molecule has 0 fully saturated rings. The Labute approximate surface area is 104 Å². The third-order valence-corrected chi connectivity index (χ3v) is 2.61. The van der Waals surface area contributed by atoms with Crippen LogP contribution in [0.15, 0.2) is 46.1 Å². The summed E-state index contributed by atoms with van der Waals surface area (Å²) in [4.78, 5) is 23.5. The third-order valence-electron chi connectivity index (χ3n) is 2.61. The summed E-state index contributed by atoms with van der Waals surface area (Å²) in [5, 5.41) is 3.29. The molecule has 92 valence electrons. The molecule has 1 amide bonds. The predicted molar refractivity (Wildman–Crippen MR) is 69.8 cm³/mol. The smallest absolute Gasteiger partial charge is 0.349 e. The number of hydrogen-bond acceptors (Lipinski definition) is 3. The zero-order valence-electron chi connectivity index (χ0n) is 10.0. The minimum Gasteiger partial charge on any atom is -0.422 e. The zero-order valence-corrected chi connectivity index (χ0v) is 10.0. The molecule has 1 N–H and O–H groups in total. The van der Waals surface area contributed by atoms with E-state index in [-0.39, 0.29) is 5.56 Å². The van der Waals surface area contributed by atoms with Crippen LogP contribution in [-0.2, 0) is 0 Å². The number of benzene rings is 1. The molecule has 1 aromatic carbocycles. The zero-order chi connectivity index (χ0) is 13.1. The normalized spacial score (nSPS) is 10.3. The van der Waals surface area contributed by atoms with Crippen molar-refractivity contribution >= 4 is 16.9 Å². The van der Waals surface area contributed by atoms with E-state index in [0.717, 1.165) is 10.9 Å². The molecule has 0 atom stereocenters. The summed E-state index contributed by atoms with van der Waals surface area (Å²) in [6.07, 6.45) is 1.55. The van der Waals surface area contributed by atoms with Gasteiger partial charge < -0.3 is 9.73 Å². The van der Waals surface area contributed by atoms with Crippen LogP contribution in [0.4, 0.5) is 0 Å². The Morgan fingerprint density at radius 2 is 2.28 bits per heavy atom. The van der Waals surface area contributed by atoms with E-state index in [2.05, 4.69) is 11.9 Å². The molecule has 1 aromatic heterocycles. The monoisotopic (exact) mass is 243 g/mol. The average Bonchev–Trinajstić information content (AvgIpc) is 2.36. The topological polar surface area (TPSA) is 59.3 Å². The lowest BCUT2D eigenvalue weighted by Crippen LogP contribution is -2.28. The van der Waals surface area contributed by atoms with Gasteiger partial charge >= 0.3 is 5.63 Å². The summed E-state index contributed by atoms with van der Waals surface area (Å²) in [6.45, 7) is 5.65. The molecule has 0 radical (unpaired) electrons. The number of fused-ring (bicyclic) bond motifs is 1. The second-order valence-corrected chi connectivity index (χ2v) is 3.94. The lowest BCUT2D eigenvalue weighted by Gasteiger charge is -2.04. The second kappa shape index (κ2) is 4.87. The van der Waals surface area contributed by atoms with Crippen LogP contribution in [0, 0.1) is 6.92 Å². The molecule has 18 heavy (non-hydrogen) atoms. The molecule has 2 aromatic rings. The Morgan fingerprint density at radius 1 is 1.50 bits per heavy atom. The predicted octanol–water partition coefficient (Wildman–Crippen LogP) is 2.02. The maximum absolute atomic E-state index is 11.7. The standard InChI is InChI=1S/C14H13NO3/c1-3-7-15-13(16)11-8-10-6-4-5-9(2)12(10)18-14(11)17/h3-6,8H,1,7H2,2H3,(H,15,16). The summed E-state index contributed by atoms with van der Waals surface area (Å²) in [6, 6.07) is 7.05. The van der Waals surface area contributed by atoms with Gasteiger partial charge in [0.2, 0.25) is 0 Å².